The molecule has 0 fully saturated rings. The number of aromatic nitrogens is 5. The van der Waals surface area contributed by atoms with Crippen molar-refractivity contribution in [1.29, 1.82) is 0 Å². The Hall–Kier alpha value is -4.27. The van der Waals surface area contributed by atoms with Crippen LogP contribution in [-0.2, 0) is 6.61 Å². The van der Waals surface area contributed by atoms with Gasteiger partial charge in [0.05, 0.1) is 5.56 Å². The molecular formula is C22H19N5O4. The lowest BCUT2D eigenvalue weighted by molar-refractivity contribution is 0.101. The smallest absolute Gasteiger partial charge is 0.219 e. The van der Waals surface area contributed by atoms with Crippen LogP contribution in [0.25, 0.3) is 11.4 Å². The number of nitrogens with one attached hydrogen (secondary N) is 1. The van der Waals surface area contributed by atoms with Crippen LogP contribution in [0.5, 0.6) is 23.1 Å². The molecular weight excluding hydrogens is 398 g/mol. The van der Waals surface area contributed by atoms with Gasteiger partial charge >= 0.3 is 0 Å². The number of pyridine rings is 1. The van der Waals surface area contributed by atoms with Gasteiger partial charge < -0.3 is 14.6 Å². The lowest BCUT2D eigenvalue weighted by Crippen LogP contribution is -2.00. The summed E-state index contributed by atoms with van der Waals surface area (Å²) >= 11 is 0. The molecule has 0 radical (unpaired) electrons. The van der Waals surface area contributed by atoms with E-state index in [1.54, 1.807) is 37.4 Å². The van der Waals surface area contributed by atoms with Crippen molar-refractivity contribution in [3.8, 4) is 34.5 Å². The number of carbonyl (C=O) groups excluding carboxylic acids is 1. The molecule has 0 saturated heterocycles. The second-order valence-corrected chi connectivity index (χ2v) is 6.81. The third-order valence-electron chi connectivity index (χ3n) is 4.63. The fourth-order valence-electron chi connectivity index (χ4n) is 2.96. The van der Waals surface area contributed by atoms with Crippen molar-refractivity contribution in [2.75, 3.05) is 0 Å². The summed E-state index contributed by atoms with van der Waals surface area (Å²) in [5.41, 5.74) is 2.41. The minimum Gasteiger partial charge on any atom is -0.507 e. The third kappa shape index (κ3) is 4.50. The number of Topliss-reactive ketones (excluding diaryl/α,β-unsaturated/α-hetero) is 1. The van der Waals surface area contributed by atoms with Crippen LogP contribution in [0.4, 0.5) is 0 Å². The van der Waals surface area contributed by atoms with E-state index < -0.39 is 0 Å². The maximum atomic E-state index is 11.5. The predicted octanol–water partition coefficient (Wildman–Crippen LogP) is 3.85. The van der Waals surface area contributed by atoms with E-state index in [0.717, 1.165) is 11.1 Å². The molecule has 0 unspecified atom stereocenters. The molecule has 9 nitrogen and oxygen atoms in total. The van der Waals surface area contributed by atoms with Gasteiger partial charge in [-0.3, -0.25) is 4.79 Å². The monoisotopic (exact) mass is 417 g/mol. The first-order chi connectivity index (χ1) is 15.0. The zero-order chi connectivity index (χ0) is 21.8. The van der Waals surface area contributed by atoms with Crippen molar-refractivity contribution < 1.29 is 19.4 Å². The first kappa shape index (κ1) is 20.0. The number of benzene rings is 2. The lowest BCUT2D eigenvalue weighted by Gasteiger charge is -2.13. The highest BCUT2D eigenvalue weighted by Crippen LogP contribution is 2.31. The fraction of sp³-hybridized carbons (Fsp3) is 0.136. The van der Waals surface area contributed by atoms with Crippen LogP contribution in [0.1, 0.15) is 28.4 Å². The van der Waals surface area contributed by atoms with Crippen molar-refractivity contribution in [1.82, 2.24) is 25.6 Å². The van der Waals surface area contributed by atoms with Crippen molar-refractivity contribution in [2.24, 2.45) is 0 Å². The predicted molar refractivity (Wildman–Crippen MR) is 111 cm³/mol. The topological polar surface area (TPSA) is 123 Å². The van der Waals surface area contributed by atoms with Crippen molar-refractivity contribution in [3.05, 3.63) is 71.4 Å². The lowest BCUT2D eigenvalue weighted by atomic mass is 10.1. The van der Waals surface area contributed by atoms with Gasteiger partial charge in [0.25, 0.3) is 0 Å². The van der Waals surface area contributed by atoms with E-state index in [1.807, 2.05) is 24.3 Å². The zero-order valence-corrected chi connectivity index (χ0v) is 16.9. The van der Waals surface area contributed by atoms with E-state index in [2.05, 4.69) is 25.6 Å². The van der Waals surface area contributed by atoms with Gasteiger partial charge in [-0.05, 0) is 60.2 Å². The van der Waals surface area contributed by atoms with Gasteiger partial charge in [0.1, 0.15) is 23.9 Å². The maximum Gasteiger partial charge on any atom is 0.219 e. The second-order valence-electron chi connectivity index (χ2n) is 6.81. The molecule has 156 valence electrons. The Balaban J connectivity index is 1.43. The highest BCUT2D eigenvalue weighted by molar-refractivity contribution is 5.97. The van der Waals surface area contributed by atoms with Crippen LogP contribution in [0.2, 0.25) is 0 Å². The number of hydrogen-bond acceptors (Lipinski definition) is 8. The van der Waals surface area contributed by atoms with Gasteiger partial charge in [-0.2, -0.15) is 0 Å². The van der Waals surface area contributed by atoms with E-state index in [4.69, 9.17) is 9.47 Å². The van der Waals surface area contributed by atoms with E-state index >= 15 is 0 Å². The number of hydrogen-bond donors (Lipinski definition) is 2. The number of aromatic hydroxyl groups is 1. The first-order valence-corrected chi connectivity index (χ1v) is 9.44. The standard InChI is InChI=1S/C22H19N5O4/c1-13-19(8-7-18(14(2)28)21(13)29)30-12-15-4-3-5-17(10-15)31-20-9-6-16(11-23-20)22-24-26-27-25-22/h3-11,29H,12H2,1-2H3,(H,24,25,26,27). The van der Waals surface area contributed by atoms with Crippen LogP contribution in [0.15, 0.2) is 54.7 Å². The molecule has 0 atom stereocenters. The van der Waals surface area contributed by atoms with Gasteiger partial charge in [-0.15, -0.1) is 5.10 Å². The van der Waals surface area contributed by atoms with Crippen molar-refractivity contribution >= 4 is 5.78 Å². The van der Waals surface area contributed by atoms with Crippen molar-refractivity contribution in [3.63, 3.8) is 0 Å². The number of carbonyl (C=O) groups is 1. The van der Waals surface area contributed by atoms with E-state index in [1.165, 1.54) is 6.92 Å². The summed E-state index contributed by atoms with van der Waals surface area (Å²) in [5, 5.41) is 23.8. The average Bonchev–Trinajstić information content (AvgIpc) is 3.30. The van der Waals surface area contributed by atoms with Gasteiger partial charge in [-0.25, -0.2) is 10.1 Å². The molecule has 2 N–H and O–H groups in total. The number of ketones is 1. The molecule has 0 spiro atoms. The minimum atomic E-state index is -0.198. The Kier molecular flexibility index (Phi) is 5.57. The number of nitrogens with zero attached hydrogens (tertiary/aromatic N) is 4. The number of H-pyrrole nitrogens is 1. The summed E-state index contributed by atoms with van der Waals surface area (Å²) in [5.74, 6) is 1.81. The quantitative estimate of drug-likeness (QED) is 0.435. The fourth-order valence-corrected chi connectivity index (χ4v) is 2.96. The molecule has 4 aromatic rings. The molecule has 0 aliphatic carbocycles. The SMILES string of the molecule is CC(=O)c1ccc(OCc2cccc(Oc3ccc(-c4nnn[nH]4)cn3)c2)c(C)c1O. The zero-order valence-electron chi connectivity index (χ0n) is 16.9. The number of phenols is 1. The molecule has 0 aliphatic rings. The molecule has 2 heterocycles. The number of rotatable bonds is 7. The van der Waals surface area contributed by atoms with Crippen LogP contribution in [-0.4, -0.2) is 36.5 Å². The van der Waals surface area contributed by atoms with Gasteiger partial charge in [-0.1, -0.05) is 12.1 Å². The average molecular weight is 417 g/mol. The van der Waals surface area contributed by atoms with Crippen LogP contribution in [0.3, 0.4) is 0 Å². The Morgan fingerprint density at radius 1 is 1.16 bits per heavy atom. The third-order valence-corrected chi connectivity index (χ3v) is 4.63. The number of phenolic OH excluding ortho intramolecular Hbond substituents is 1. The van der Waals surface area contributed by atoms with Crippen LogP contribution < -0.4 is 9.47 Å². The molecule has 4 rings (SSSR count). The molecule has 31 heavy (non-hydrogen) atoms. The number of aromatic amines is 1. The summed E-state index contributed by atoms with van der Waals surface area (Å²) in [7, 11) is 0. The highest BCUT2D eigenvalue weighted by Gasteiger charge is 2.13. The van der Waals surface area contributed by atoms with E-state index in [0.29, 0.717) is 28.8 Å². The van der Waals surface area contributed by atoms with Gasteiger partial charge in [0.15, 0.2) is 11.6 Å². The largest absolute Gasteiger partial charge is 0.507 e. The molecule has 0 amide bonds. The Morgan fingerprint density at radius 3 is 2.74 bits per heavy atom. The minimum absolute atomic E-state index is 0.0577. The Bertz CT molecular complexity index is 1210. The number of tetrazole rings is 1. The molecule has 2 aromatic carbocycles. The van der Waals surface area contributed by atoms with E-state index in [-0.39, 0.29) is 23.7 Å². The highest BCUT2D eigenvalue weighted by atomic mass is 16.5. The summed E-state index contributed by atoms with van der Waals surface area (Å²) < 4.78 is 11.7. The Morgan fingerprint density at radius 2 is 2.03 bits per heavy atom. The second kappa shape index (κ2) is 8.62. The number of ether oxygens (including phenoxy) is 2. The van der Waals surface area contributed by atoms with Crippen LogP contribution >= 0.6 is 0 Å². The molecule has 9 heteroatoms. The summed E-state index contributed by atoms with van der Waals surface area (Å²) in [4.78, 5) is 15.8. The molecule has 0 bridgehead atoms. The Labute approximate surface area is 177 Å². The van der Waals surface area contributed by atoms with Crippen LogP contribution in [0, 0.1) is 6.92 Å². The molecule has 2 aromatic heterocycles. The van der Waals surface area contributed by atoms with Gasteiger partial charge in [0.2, 0.25) is 5.88 Å². The van der Waals surface area contributed by atoms with Crippen molar-refractivity contribution in [2.45, 2.75) is 20.5 Å². The maximum absolute atomic E-state index is 11.5. The summed E-state index contributed by atoms with van der Waals surface area (Å²) in [6, 6.07) is 14.2. The summed E-state index contributed by atoms with van der Waals surface area (Å²) in [6.45, 7) is 3.39. The molecule has 0 aliphatic heterocycles. The summed E-state index contributed by atoms with van der Waals surface area (Å²) in [6.07, 6.45) is 1.62. The first-order valence-electron chi connectivity index (χ1n) is 9.44. The van der Waals surface area contributed by atoms with E-state index in [9.17, 15) is 9.90 Å². The molecule has 0 saturated carbocycles. The van der Waals surface area contributed by atoms with Gasteiger partial charge in [0, 0.05) is 23.4 Å². The normalized spacial score (nSPS) is 10.6.